The van der Waals surface area contributed by atoms with Crippen LogP contribution in [0.15, 0.2) is 24.3 Å². The molecular formula is C12H14ClNO. The number of Topliss-reactive ketones (excluding diaryl/α,β-unsaturated/α-hetero) is 1. The maximum absolute atomic E-state index is 11.9. The van der Waals surface area contributed by atoms with Crippen molar-refractivity contribution in [3.8, 4) is 0 Å². The first-order valence-electron chi connectivity index (χ1n) is 5.22. The molecule has 1 atom stereocenters. The third kappa shape index (κ3) is 2.80. The molecule has 0 radical (unpaired) electrons. The van der Waals surface area contributed by atoms with E-state index in [1.165, 1.54) is 12.8 Å². The SMILES string of the molecule is C[C@H](NC1CC1)C(=O)c1ccc(Cl)cc1. The Bertz CT molecular complexity index is 356. The van der Waals surface area contributed by atoms with Crippen LogP contribution in [-0.2, 0) is 0 Å². The number of carbonyl (C=O) groups is 1. The summed E-state index contributed by atoms with van der Waals surface area (Å²) >= 11 is 5.76. The van der Waals surface area contributed by atoms with E-state index < -0.39 is 0 Å². The number of carbonyl (C=O) groups excluding carboxylic acids is 1. The summed E-state index contributed by atoms with van der Waals surface area (Å²) < 4.78 is 0. The Labute approximate surface area is 94.6 Å². The van der Waals surface area contributed by atoms with Crippen LogP contribution in [0.4, 0.5) is 0 Å². The summed E-state index contributed by atoms with van der Waals surface area (Å²) in [7, 11) is 0. The molecule has 0 aromatic heterocycles. The minimum atomic E-state index is -0.0984. The molecular weight excluding hydrogens is 210 g/mol. The smallest absolute Gasteiger partial charge is 0.179 e. The molecule has 80 valence electrons. The Morgan fingerprint density at radius 3 is 2.53 bits per heavy atom. The molecule has 1 aliphatic rings. The highest BCUT2D eigenvalue weighted by molar-refractivity contribution is 6.30. The van der Waals surface area contributed by atoms with Gasteiger partial charge in [0.2, 0.25) is 0 Å². The lowest BCUT2D eigenvalue weighted by molar-refractivity contribution is 0.0950. The standard InChI is InChI=1S/C12H14ClNO/c1-8(14-11-6-7-11)12(15)9-2-4-10(13)5-3-9/h2-5,8,11,14H,6-7H2,1H3/t8-/m0/s1. The molecule has 0 aliphatic heterocycles. The zero-order valence-electron chi connectivity index (χ0n) is 8.66. The van der Waals surface area contributed by atoms with E-state index in [1.807, 2.05) is 6.92 Å². The largest absolute Gasteiger partial charge is 0.305 e. The first kappa shape index (κ1) is 10.7. The van der Waals surface area contributed by atoms with Gasteiger partial charge in [-0.2, -0.15) is 0 Å². The van der Waals surface area contributed by atoms with Crippen molar-refractivity contribution in [3.63, 3.8) is 0 Å². The predicted molar refractivity (Wildman–Crippen MR) is 61.4 cm³/mol. The van der Waals surface area contributed by atoms with Gasteiger partial charge in [-0.05, 0) is 44.0 Å². The summed E-state index contributed by atoms with van der Waals surface area (Å²) in [5, 5.41) is 3.95. The quantitative estimate of drug-likeness (QED) is 0.796. The van der Waals surface area contributed by atoms with E-state index in [4.69, 9.17) is 11.6 Å². The van der Waals surface area contributed by atoms with Gasteiger partial charge < -0.3 is 5.32 Å². The second-order valence-electron chi connectivity index (χ2n) is 4.03. The molecule has 0 bridgehead atoms. The molecule has 1 aromatic carbocycles. The average molecular weight is 224 g/mol. The van der Waals surface area contributed by atoms with Gasteiger partial charge in [-0.25, -0.2) is 0 Å². The van der Waals surface area contributed by atoms with Crippen LogP contribution in [0, 0.1) is 0 Å². The van der Waals surface area contributed by atoms with Gasteiger partial charge >= 0.3 is 0 Å². The van der Waals surface area contributed by atoms with Crippen molar-refractivity contribution in [1.29, 1.82) is 0 Å². The van der Waals surface area contributed by atoms with Crippen LogP contribution in [0.3, 0.4) is 0 Å². The van der Waals surface area contributed by atoms with Crippen molar-refractivity contribution in [2.75, 3.05) is 0 Å². The van der Waals surface area contributed by atoms with Crippen LogP contribution in [0.2, 0.25) is 5.02 Å². The van der Waals surface area contributed by atoms with Crippen LogP contribution < -0.4 is 5.32 Å². The summed E-state index contributed by atoms with van der Waals surface area (Å²) in [6.45, 7) is 1.91. The van der Waals surface area contributed by atoms with Crippen molar-refractivity contribution in [2.45, 2.75) is 31.8 Å². The molecule has 1 fully saturated rings. The van der Waals surface area contributed by atoms with Gasteiger partial charge in [0.25, 0.3) is 0 Å². The number of rotatable bonds is 4. The Morgan fingerprint density at radius 1 is 1.40 bits per heavy atom. The molecule has 1 saturated carbocycles. The van der Waals surface area contributed by atoms with E-state index in [2.05, 4.69) is 5.32 Å². The molecule has 0 saturated heterocycles. The van der Waals surface area contributed by atoms with Crippen LogP contribution in [0.5, 0.6) is 0 Å². The van der Waals surface area contributed by atoms with E-state index >= 15 is 0 Å². The van der Waals surface area contributed by atoms with Crippen LogP contribution in [0.1, 0.15) is 30.1 Å². The Hall–Kier alpha value is -0.860. The lowest BCUT2D eigenvalue weighted by Gasteiger charge is -2.11. The maximum atomic E-state index is 11.9. The molecule has 2 rings (SSSR count). The van der Waals surface area contributed by atoms with Crippen molar-refractivity contribution in [1.82, 2.24) is 5.32 Å². The van der Waals surface area contributed by atoms with E-state index in [1.54, 1.807) is 24.3 Å². The minimum absolute atomic E-state index is 0.0984. The molecule has 15 heavy (non-hydrogen) atoms. The molecule has 0 unspecified atom stereocenters. The number of hydrogen-bond acceptors (Lipinski definition) is 2. The summed E-state index contributed by atoms with van der Waals surface area (Å²) in [5.41, 5.74) is 0.722. The molecule has 0 spiro atoms. The Kier molecular flexibility index (Phi) is 3.08. The van der Waals surface area contributed by atoms with Crippen molar-refractivity contribution in [2.24, 2.45) is 0 Å². The third-order valence-electron chi connectivity index (χ3n) is 2.59. The summed E-state index contributed by atoms with van der Waals surface area (Å²) in [5.74, 6) is 0.138. The van der Waals surface area contributed by atoms with Gasteiger partial charge in [0, 0.05) is 16.6 Å². The van der Waals surface area contributed by atoms with E-state index in [9.17, 15) is 4.79 Å². The Balaban J connectivity index is 2.02. The van der Waals surface area contributed by atoms with Crippen LogP contribution >= 0.6 is 11.6 Å². The average Bonchev–Trinajstić information content (AvgIpc) is 3.02. The maximum Gasteiger partial charge on any atom is 0.179 e. The lowest BCUT2D eigenvalue weighted by atomic mass is 10.1. The molecule has 0 heterocycles. The molecule has 1 aliphatic carbocycles. The number of halogens is 1. The zero-order chi connectivity index (χ0) is 10.8. The molecule has 2 nitrogen and oxygen atoms in total. The molecule has 1 N–H and O–H groups in total. The fourth-order valence-electron chi connectivity index (χ4n) is 1.54. The number of ketones is 1. The highest BCUT2D eigenvalue weighted by Gasteiger charge is 2.25. The highest BCUT2D eigenvalue weighted by atomic mass is 35.5. The van der Waals surface area contributed by atoms with Gasteiger partial charge in [0.05, 0.1) is 6.04 Å². The van der Waals surface area contributed by atoms with Crippen molar-refractivity contribution >= 4 is 17.4 Å². The monoisotopic (exact) mass is 223 g/mol. The van der Waals surface area contributed by atoms with Crippen LogP contribution in [0.25, 0.3) is 0 Å². The van der Waals surface area contributed by atoms with Crippen molar-refractivity contribution in [3.05, 3.63) is 34.9 Å². The zero-order valence-corrected chi connectivity index (χ0v) is 9.42. The van der Waals surface area contributed by atoms with Gasteiger partial charge in [-0.1, -0.05) is 11.6 Å². The first-order chi connectivity index (χ1) is 7.16. The van der Waals surface area contributed by atoms with E-state index in [0.717, 1.165) is 5.56 Å². The van der Waals surface area contributed by atoms with E-state index in [-0.39, 0.29) is 11.8 Å². The van der Waals surface area contributed by atoms with Crippen LogP contribution in [-0.4, -0.2) is 17.9 Å². The topological polar surface area (TPSA) is 29.1 Å². The van der Waals surface area contributed by atoms with Gasteiger partial charge in [-0.3, -0.25) is 4.79 Å². The summed E-state index contributed by atoms with van der Waals surface area (Å²) in [4.78, 5) is 11.9. The molecule has 3 heteroatoms. The van der Waals surface area contributed by atoms with Crippen molar-refractivity contribution < 1.29 is 4.79 Å². The fourth-order valence-corrected chi connectivity index (χ4v) is 1.67. The van der Waals surface area contributed by atoms with Gasteiger partial charge in [-0.15, -0.1) is 0 Å². The minimum Gasteiger partial charge on any atom is -0.305 e. The number of hydrogen-bond donors (Lipinski definition) is 1. The second kappa shape index (κ2) is 4.33. The normalized spacial score (nSPS) is 17.5. The third-order valence-corrected chi connectivity index (χ3v) is 2.84. The summed E-state index contributed by atoms with van der Waals surface area (Å²) in [6, 6.07) is 7.50. The highest BCUT2D eigenvalue weighted by Crippen LogP contribution is 2.20. The summed E-state index contributed by atoms with van der Waals surface area (Å²) in [6.07, 6.45) is 2.39. The molecule has 0 amide bonds. The first-order valence-corrected chi connectivity index (χ1v) is 5.60. The number of nitrogens with one attached hydrogen (secondary N) is 1. The predicted octanol–water partition coefficient (Wildman–Crippen LogP) is 2.66. The molecule has 1 aromatic rings. The van der Waals surface area contributed by atoms with E-state index in [0.29, 0.717) is 11.1 Å². The lowest BCUT2D eigenvalue weighted by Crippen LogP contribution is -2.35. The van der Waals surface area contributed by atoms with Gasteiger partial charge in [0.15, 0.2) is 5.78 Å². The number of benzene rings is 1. The Morgan fingerprint density at radius 2 is 2.00 bits per heavy atom. The fraction of sp³-hybridized carbons (Fsp3) is 0.417. The second-order valence-corrected chi connectivity index (χ2v) is 4.47. The van der Waals surface area contributed by atoms with Gasteiger partial charge in [0.1, 0.15) is 0 Å².